The second-order valence-corrected chi connectivity index (χ2v) is 5.09. The predicted octanol–water partition coefficient (Wildman–Crippen LogP) is 0.178. The summed E-state index contributed by atoms with van der Waals surface area (Å²) in [4.78, 5) is 31.1. The van der Waals surface area contributed by atoms with Gasteiger partial charge in [0.05, 0.1) is 6.33 Å². The maximum Gasteiger partial charge on any atom is 0.243 e. The third-order valence-electron chi connectivity index (χ3n) is 3.53. The van der Waals surface area contributed by atoms with Gasteiger partial charge in [0, 0.05) is 24.7 Å². The highest BCUT2D eigenvalue weighted by atomic mass is 16.2. The highest BCUT2D eigenvalue weighted by Crippen LogP contribution is 2.09. The standard InChI is InChI=1S/C15H16N4O2/c20-14-12(6-10-4-2-1-3-5-10)18-15(21)13(19-14)7-11-8-16-9-17-11/h1-5,8-9,12-13H,6-7H2,(H,16,17)(H,18,21)(H,19,20)/t12-,13+/m0/s1. The van der Waals surface area contributed by atoms with Gasteiger partial charge in [-0.3, -0.25) is 9.59 Å². The third kappa shape index (κ3) is 3.10. The van der Waals surface area contributed by atoms with Gasteiger partial charge in [0.2, 0.25) is 11.8 Å². The van der Waals surface area contributed by atoms with E-state index >= 15 is 0 Å². The molecule has 1 aromatic heterocycles. The fourth-order valence-corrected chi connectivity index (χ4v) is 2.43. The Bertz CT molecular complexity index is 624. The maximum absolute atomic E-state index is 12.1. The largest absolute Gasteiger partial charge is 0.348 e. The number of aromatic amines is 1. The smallest absolute Gasteiger partial charge is 0.243 e. The van der Waals surface area contributed by atoms with Crippen molar-refractivity contribution >= 4 is 11.8 Å². The topological polar surface area (TPSA) is 86.9 Å². The molecule has 1 aromatic carbocycles. The van der Waals surface area contributed by atoms with Crippen LogP contribution >= 0.6 is 0 Å². The molecule has 2 atom stereocenters. The van der Waals surface area contributed by atoms with Gasteiger partial charge in [-0.25, -0.2) is 4.98 Å². The molecule has 0 bridgehead atoms. The van der Waals surface area contributed by atoms with Crippen LogP contribution in [-0.4, -0.2) is 33.9 Å². The normalized spacial score (nSPS) is 21.7. The summed E-state index contributed by atoms with van der Waals surface area (Å²) >= 11 is 0. The lowest BCUT2D eigenvalue weighted by atomic mass is 10.0. The Hall–Kier alpha value is -2.63. The van der Waals surface area contributed by atoms with Crippen molar-refractivity contribution in [1.29, 1.82) is 0 Å². The van der Waals surface area contributed by atoms with E-state index in [0.717, 1.165) is 11.3 Å². The first-order chi connectivity index (χ1) is 10.2. The van der Waals surface area contributed by atoms with Crippen LogP contribution in [0.2, 0.25) is 0 Å². The van der Waals surface area contributed by atoms with Crippen LogP contribution in [0.3, 0.4) is 0 Å². The van der Waals surface area contributed by atoms with Crippen molar-refractivity contribution in [2.24, 2.45) is 0 Å². The summed E-state index contributed by atoms with van der Waals surface area (Å²) in [5, 5.41) is 5.57. The van der Waals surface area contributed by atoms with Crippen LogP contribution in [0.5, 0.6) is 0 Å². The van der Waals surface area contributed by atoms with Gasteiger partial charge in [-0.1, -0.05) is 30.3 Å². The molecular weight excluding hydrogens is 268 g/mol. The molecule has 0 unspecified atom stereocenters. The average Bonchev–Trinajstić information content (AvgIpc) is 2.98. The zero-order valence-corrected chi connectivity index (χ0v) is 11.4. The summed E-state index contributed by atoms with van der Waals surface area (Å²) in [6.07, 6.45) is 4.11. The predicted molar refractivity (Wildman–Crippen MR) is 76.3 cm³/mol. The Labute approximate surface area is 122 Å². The van der Waals surface area contributed by atoms with Gasteiger partial charge in [-0.05, 0) is 5.56 Å². The molecule has 1 fully saturated rings. The van der Waals surface area contributed by atoms with Crippen LogP contribution in [0.1, 0.15) is 11.3 Å². The minimum Gasteiger partial charge on any atom is -0.348 e. The Kier molecular flexibility index (Phi) is 3.68. The average molecular weight is 284 g/mol. The molecule has 3 rings (SSSR count). The van der Waals surface area contributed by atoms with Crippen molar-refractivity contribution in [3.63, 3.8) is 0 Å². The molecule has 2 heterocycles. The van der Waals surface area contributed by atoms with Crippen LogP contribution in [0, 0.1) is 0 Å². The SMILES string of the molecule is O=C1N[C@H](Cc2cnc[nH]2)C(=O)N[C@H]1Cc1ccccc1. The number of rotatable bonds is 4. The van der Waals surface area contributed by atoms with E-state index in [1.807, 2.05) is 30.3 Å². The van der Waals surface area contributed by atoms with E-state index in [2.05, 4.69) is 20.6 Å². The van der Waals surface area contributed by atoms with Crippen molar-refractivity contribution in [1.82, 2.24) is 20.6 Å². The minimum absolute atomic E-state index is 0.150. The van der Waals surface area contributed by atoms with Crippen molar-refractivity contribution in [2.45, 2.75) is 24.9 Å². The Balaban J connectivity index is 1.64. The molecule has 6 nitrogen and oxygen atoms in total. The van der Waals surface area contributed by atoms with Crippen molar-refractivity contribution < 1.29 is 9.59 Å². The highest BCUT2D eigenvalue weighted by Gasteiger charge is 2.33. The Morgan fingerprint density at radius 1 is 0.952 bits per heavy atom. The number of amides is 2. The summed E-state index contributed by atoms with van der Waals surface area (Å²) in [6, 6.07) is 8.57. The van der Waals surface area contributed by atoms with E-state index in [0.29, 0.717) is 12.8 Å². The van der Waals surface area contributed by atoms with Gasteiger partial charge >= 0.3 is 0 Å². The molecule has 21 heavy (non-hydrogen) atoms. The molecule has 3 N–H and O–H groups in total. The first-order valence-corrected chi connectivity index (χ1v) is 6.84. The second-order valence-electron chi connectivity index (χ2n) is 5.09. The molecule has 0 saturated carbocycles. The van der Waals surface area contributed by atoms with Crippen LogP contribution < -0.4 is 10.6 Å². The quantitative estimate of drug-likeness (QED) is 0.748. The number of hydrogen-bond acceptors (Lipinski definition) is 3. The Morgan fingerprint density at radius 3 is 2.24 bits per heavy atom. The molecule has 108 valence electrons. The lowest BCUT2D eigenvalue weighted by Crippen LogP contribution is -2.62. The highest BCUT2D eigenvalue weighted by molar-refractivity contribution is 5.97. The lowest BCUT2D eigenvalue weighted by Gasteiger charge is -2.29. The van der Waals surface area contributed by atoms with Gasteiger partial charge in [-0.15, -0.1) is 0 Å². The molecule has 6 heteroatoms. The summed E-state index contributed by atoms with van der Waals surface area (Å²) < 4.78 is 0. The Morgan fingerprint density at radius 2 is 1.62 bits per heavy atom. The summed E-state index contributed by atoms with van der Waals surface area (Å²) in [5.74, 6) is -0.312. The molecule has 0 spiro atoms. The summed E-state index contributed by atoms with van der Waals surface area (Å²) in [6.45, 7) is 0. The molecule has 2 amide bonds. The van der Waals surface area contributed by atoms with Gasteiger partial charge in [0.25, 0.3) is 0 Å². The van der Waals surface area contributed by atoms with Crippen molar-refractivity contribution in [3.05, 3.63) is 54.1 Å². The number of nitrogens with zero attached hydrogens (tertiary/aromatic N) is 1. The van der Waals surface area contributed by atoms with E-state index in [4.69, 9.17) is 0 Å². The van der Waals surface area contributed by atoms with Gasteiger partial charge in [-0.2, -0.15) is 0 Å². The molecule has 1 saturated heterocycles. The third-order valence-corrected chi connectivity index (χ3v) is 3.53. The number of carbonyl (C=O) groups excluding carboxylic acids is 2. The molecule has 1 aliphatic heterocycles. The number of benzene rings is 1. The summed E-state index contributed by atoms with van der Waals surface area (Å²) in [5.41, 5.74) is 1.84. The fraction of sp³-hybridized carbons (Fsp3) is 0.267. The first-order valence-electron chi connectivity index (χ1n) is 6.84. The number of H-pyrrole nitrogens is 1. The number of imidazole rings is 1. The van der Waals surface area contributed by atoms with E-state index in [1.54, 1.807) is 12.5 Å². The van der Waals surface area contributed by atoms with Crippen LogP contribution in [0.4, 0.5) is 0 Å². The van der Waals surface area contributed by atoms with E-state index in [9.17, 15) is 9.59 Å². The van der Waals surface area contributed by atoms with E-state index < -0.39 is 12.1 Å². The van der Waals surface area contributed by atoms with Gasteiger partial charge < -0.3 is 15.6 Å². The van der Waals surface area contributed by atoms with Gasteiger partial charge in [0.15, 0.2) is 0 Å². The van der Waals surface area contributed by atoms with Crippen LogP contribution in [-0.2, 0) is 22.4 Å². The zero-order valence-electron chi connectivity index (χ0n) is 11.4. The fourth-order valence-electron chi connectivity index (χ4n) is 2.43. The molecular formula is C15H16N4O2. The monoisotopic (exact) mass is 284 g/mol. The van der Waals surface area contributed by atoms with Crippen molar-refractivity contribution in [3.8, 4) is 0 Å². The number of piperazine rings is 1. The van der Waals surface area contributed by atoms with E-state index in [1.165, 1.54) is 0 Å². The molecule has 2 aromatic rings. The van der Waals surface area contributed by atoms with Crippen molar-refractivity contribution in [2.75, 3.05) is 0 Å². The number of nitrogens with one attached hydrogen (secondary N) is 3. The number of aromatic nitrogens is 2. The number of carbonyl (C=O) groups is 2. The first kappa shape index (κ1) is 13.4. The van der Waals surface area contributed by atoms with Gasteiger partial charge in [0.1, 0.15) is 12.1 Å². The minimum atomic E-state index is -0.551. The summed E-state index contributed by atoms with van der Waals surface area (Å²) in [7, 11) is 0. The number of hydrogen-bond donors (Lipinski definition) is 3. The van der Waals surface area contributed by atoms with E-state index in [-0.39, 0.29) is 11.8 Å². The zero-order chi connectivity index (χ0) is 14.7. The molecule has 1 aliphatic rings. The molecule has 0 aliphatic carbocycles. The molecule has 0 radical (unpaired) electrons. The maximum atomic E-state index is 12.1. The van der Waals surface area contributed by atoms with Crippen LogP contribution in [0.15, 0.2) is 42.9 Å². The lowest BCUT2D eigenvalue weighted by molar-refractivity contribution is -0.136. The van der Waals surface area contributed by atoms with Crippen LogP contribution in [0.25, 0.3) is 0 Å². The second kappa shape index (κ2) is 5.78.